The van der Waals surface area contributed by atoms with E-state index in [4.69, 9.17) is 5.73 Å². The zero-order chi connectivity index (χ0) is 17.1. The van der Waals surface area contributed by atoms with Crippen LogP contribution in [0.1, 0.15) is 18.0 Å². The number of pyridine rings is 1. The molecule has 0 aliphatic rings. The number of hydrogen-bond donors (Lipinski definition) is 2. The number of aromatic amines is 1. The first-order valence-corrected chi connectivity index (χ1v) is 8.10. The van der Waals surface area contributed by atoms with Gasteiger partial charge < -0.3 is 10.6 Å². The highest BCUT2D eigenvalue weighted by Crippen LogP contribution is 2.32. The van der Waals surface area contributed by atoms with Crippen LogP contribution in [-0.4, -0.2) is 49.2 Å². The molecule has 124 valence electrons. The molecule has 1 atom stereocenters. The lowest BCUT2D eigenvalue weighted by atomic mass is 10.3. The Hall–Kier alpha value is -2.75. The van der Waals surface area contributed by atoms with Gasteiger partial charge >= 0.3 is 0 Å². The van der Waals surface area contributed by atoms with Crippen LogP contribution in [0.5, 0.6) is 0 Å². The fourth-order valence-electron chi connectivity index (χ4n) is 1.91. The molecule has 0 saturated carbocycles. The zero-order valence-corrected chi connectivity index (χ0v) is 14.3. The number of nitrogens with two attached hydrogens (primary N) is 1. The van der Waals surface area contributed by atoms with E-state index in [9.17, 15) is 0 Å². The van der Waals surface area contributed by atoms with Gasteiger partial charge in [0.2, 0.25) is 17.1 Å². The summed E-state index contributed by atoms with van der Waals surface area (Å²) in [5.41, 5.74) is 6.50. The fourth-order valence-corrected chi connectivity index (χ4v) is 2.68. The van der Waals surface area contributed by atoms with Gasteiger partial charge in [0.05, 0.1) is 5.25 Å². The van der Waals surface area contributed by atoms with E-state index in [2.05, 4.69) is 35.1 Å². The van der Waals surface area contributed by atoms with Gasteiger partial charge in [-0.2, -0.15) is 19.9 Å². The van der Waals surface area contributed by atoms with Crippen LogP contribution in [-0.2, 0) is 0 Å². The summed E-state index contributed by atoms with van der Waals surface area (Å²) in [7, 11) is 3.70. The summed E-state index contributed by atoms with van der Waals surface area (Å²) in [4.78, 5) is 23.2. The van der Waals surface area contributed by atoms with Crippen LogP contribution in [0.25, 0.3) is 11.5 Å². The van der Waals surface area contributed by atoms with Crippen molar-refractivity contribution in [2.45, 2.75) is 17.3 Å². The molecule has 0 bridgehead atoms. The predicted molar refractivity (Wildman–Crippen MR) is 92.5 cm³/mol. The van der Waals surface area contributed by atoms with Crippen LogP contribution in [0.15, 0.2) is 29.6 Å². The minimum atomic E-state index is -0.0821. The molecule has 0 amide bonds. The quantitative estimate of drug-likeness (QED) is 0.664. The van der Waals surface area contributed by atoms with Crippen molar-refractivity contribution >= 4 is 23.7 Å². The summed E-state index contributed by atoms with van der Waals surface area (Å²) >= 11 is 1.43. The molecule has 3 aromatic rings. The summed E-state index contributed by atoms with van der Waals surface area (Å²) in [5, 5.41) is 7.61. The number of nitrogens with zero attached hydrogens (tertiary/aromatic N) is 7. The average molecular weight is 343 g/mol. The third-order valence-electron chi connectivity index (χ3n) is 3.08. The standard InChI is InChI=1S/C14H17N9S/c1-8(10-17-12(15)20-13(18-10)23(2)3)24-14-19-11(21-22-14)9-6-4-5-7-16-9/h4-8H,1-3H3,(H,19,21,22)(H2,15,17,18,20). The van der Waals surface area contributed by atoms with E-state index in [0.29, 0.717) is 22.8 Å². The summed E-state index contributed by atoms with van der Waals surface area (Å²) in [6, 6.07) is 5.62. The molecule has 24 heavy (non-hydrogen) atoms. The molecule has 0 radical (unpaired) electrons. The van der Waals surface area contributed by atoms with E-state index >= 15 is 0 Å². The Labute approximate surface area is 143 Å². The number of nitrogens with one attached hydrogen (secondary N) is 1. The van der Waals surface area contributed by atoms with E-state index in [-0.39, 0.29) is 11.2 Å². The van der Waals surface area contributed by atoms with E-state index < -0.39 is 0 Å². The van der Waals surface area contributed by atoms with Crippen molar-refractivity contribution in [3.8, 4) is 11.5 Å². The molecule has 0 aromatic carbocycles. The van der Waals surface area contributed by atoms with E-state index in [1.807, 2.05) is 39.2 Å². The van der Waals surface area contributed by atoms with Crippen LogP contribution in [0.2, 0.25) is 0 Å². The van der Waals surface area contributed by atoms with Gasteiger partial charge in [-0.15, -0.1) is 5.10 Å². The number of thioether (sulfide) groups is 1. The van der Waals surface area contributed by atoms with Crippen molar-refractivity contribution in [2.24, 2.45) is 0 Å². The molecule has 0 aliphatic heterocycles. The second-order valence-corrected chi connectivity index (χ2v) is 6.50. The minimum absolute atomic E-state index is 0.0821. The Morgan fingerprint density at radius 2 is 2.00 bits per heavy atom. The molecular formula is C14H17N9S. The maximum Gasteiger partial charge on any atom is 0.229 e. The Bertz CT molecular complexity index is 818. The number of rotatable bonds is 5. The Morgan fingerprint density at radius 3 is 2.71 bits per heavy atom. The summed E-state index contributed by atoms with van der Waals surface area (Å²) in [6.45, 7) is 1.97. The van der Waals surface area contributed by atoms with Crippen molar-refractivity contribution in [2.75, 3.05) is 24.7 Å². The third kappa shape index (κ3) is 3.59. The number of hydrogen-bond acceptors (Lipinski definition) is 9. The van der Waals surface area contributed by atoms with Gasteiger partial charge in [-0.25, -0.2) is 0 Å². The molecule has 10 heteroatoms. The zero-order valence-electron chi connectivity index (χ0n) is 13.5. The lowest BCUT2D eigenvalue weighted by Crippen LogP contribution is -2.16. The largest absolute Gasteiger partial charge is 0.368 e. The number of H-pyrrole nitrogens is 1. The number of aromatic nitrogens is 7. The van der Waals surface area contributed by atoms with E-state index in [0.717, 1.165) is 5.69 Å². The highest BCUT2D eigenvalue weighted by molar-refractivity contribution is 7.99. The van der Waals surface area contributed by atoms with Gasteiger partial charge in [0.25, 0.3) is 0 Å². The smallest absolute Gasteiger partial charge is 0.229 e. The third-order valence-corrected chi connectivity index (χ3v) is 4.03. The van der Waals surface area contributed by atoms with E-state index in [1.165, 1.54) is 11.8 Å². The summed E-state index contributed by atoms with van der Waals surface area (Å²) < 4.78 is 0. The van der Waals surface area contributed by atoms with Crippen LogP contribution in [0.4, 0.5) is 11.9 Å². The Kier molecular flexibility index (Phi) is 4.56. The first kappa shape index (κ1) is 16.1. The molecule has 0 fully saturated rings. The van der Waals surface area contributed by atoms with Crippen LogP contribution < -0.4 is 10.6 Å². The van der Waals surface area contributed by atoms with Gasteiger partial charge in [0.1, 0.15) is 11.5 Å². The molecule has 0 saturated heterocycles. The first-order valence-electron chi connectivity index (χ1n) is 7.22. The predicted octanol–water partition coefficient (Wildman–Crippen LogP) is 1.55. The fraction of sp³-hybridized carbons (Fsp3) is 0.286. The van der Waals surface area contributed by atoms with Gasteiger partial charge in [-0.05, 0) is 19.1 Å². The normalized spacial score (nSPS) is 12.1. The van der Waals surface area contributed by atoms with Crippen LogP contribution in [0.3, 0.4) is 0 Å². The second kappa shape index (κ2) is 6.79. The highest BCUT2D eigenvalue weighted by atomic mass is 32.2. The van der Waals surface area contributed by atoms with Crippen molar-refractivity contribution in [1.29, 1.82) is 0 Å². The lowest BCUT2D eigenvalue weighted by molar-refractivity contribution is 0.858. The van der Waals surface area contributed by atoms with Gasteiger partial charge in [-0.3, -0.25) is 10.1 Å². The van der Waals surface area contributed by atoms with Gasteiger partial charge in [-0.1, -0.05) is 17.8 Å². The Balaban J connectivity index is 1.78. The molecular weight excluding hydrogens is 326 g/mol. The molecule has 3 aromatic heterocycles. The van der Waals surface area contributed by atoms with Crippen LogP contribution >= 0.6 is 11.8 Å². The minimum Gasteiger partial charge on any atom is -0.368 e. The second-order valence-electron chi connectivity index (χ2n) is 5.19. The topological polar surface area (TPSA) is 122 Å². The SMILES string of the molecule is CC(Sc1n[nH]c(-c2ccccn2)n1)c1nc(N)nc(N(C)C)n1. The number of anilines is 2. The van der Waals surface area contributed by atoms with Gasteiger partial charge in [0.15, 0.2) is 5.82 Å². The monoisotopic (exact) mass is 343 g/mol. The molecule has 3 N–H and O–H groups in total. The van der Waals surface area contributed by atoms with E-state index in [1.54, 1.807) is 11.1 Å². The van der Waals surface area contributed by atoms with Crippen molar-refractivity contribution in [1.82, 2.24) is 35.1 Å². The Morgan fingerprint density at radius 1 is 1.17 bits per heavy atom. The summed E-state index contributed by atoms with van der Waals surface area (Å²) in [6.07, 6.45) is 1.71. The highest BCUT2D eigenvalue weighted by Gasteiger charge is 2.17. The molecule has 0 spiro atoms. The lowest BCUT2D eigenvalue weighted by Gasteiger charge is -2.13. The van der Waals surface area contributed by atoms with Crippen LogP contribution in [0, 0.1) is 0 Å². The maximum absolute atomic E-state index is 5.76. The molecule has 3 heterocycles. The molecule has 1 unspecified atom stereocenters. The van der Waals surface area contributed by atoms with Gasteiger partial charge in [0, 0.05) is 20.3 Å². The van der Waals surface area contributed by atoms with Crippen molar-refractivity contribution in [3.05, 3.63) is 30.2 Å². The molecule has 9 nitrogen and oxygen atoms in total. The molecule has 0 aliphatic carbocycles. The molecule has 3 rings (SSSR count). The summed E-state index contributed by atoms with van der Waals surface area (Å²) in [5.74, 6) is 1.92. The first-order chi connectivity index (χ1) is 11.5. The van der Waals surface area contributed by atoms with Crippen molar-refractivity contribution < 1.29 is 0 Å². The maximum atomic E-state index is 5.76. The average Bonchev–Trinajstić information content (AvgIpc) is 3.03. The van der Waals surface area contributed by atoms with Crippen molar-refractivity contribution in [3.63, 3.8) is 0 Å². The number of nitrogen functional groups attached to an aromatic ring is 1.